The second-order valence-electron chi connectivity index (χ2n) is 4.42. The molecular weight excluding hydrogens is 276 g/mol. The van der Waals surface area contributed by atoms with Gasteiger partial charge in [0, 0.05) is 17.8 Å². The first kappa shape index (κ1) is 12.7. The van der Waals surface area contributed by atoms with Crippen molar-refractivity contribution in [2.45, 2.75) is 13.5 Å². The number of benzene rings is 1. The van der Waals surface area contributed by atoms with E-state index < -0.39 is 5.97 Å². The molecule has 2 aromatic heterocycles. The van der Waals surface area contributed by atoms with E-state index in [2.05, 4.69) is 4.98 Å². The number of aromatic carboxylic acids is 1. The molecule has 0 radical (unpaired) electrons. The van der Waals surface area contributed by atoms with Gasteiger partial charge in [-0.2, -0.15) is 0 Å². The van der Waals surface area contributed by atoms with Crippen LogP contribution >= 0.6 is 11.3 Å². The van der Waals surface area contributed by atoms with Crippen LogP contribution in [-0.2, 0) is 6.61 Å². The van der Waals surface area contributed by atoms with Crippen molar-refractivity contribution in [1.29, 1.82) is 0 Å². The van der Waals surface area contributed by atoms with Crippen LogP contribution in [0.1, 0.15) is 21.6 Å². The number of rotatable bonds is 4. The highest BCUT2D eigenvalue weighted by molar-refractivity contribution is 7.15. The number of thiazole rings is 1. The number of carboxylic acid groups (broad SMARTS) is 1. The van der Waals surface area contributed by atoms with E-state index >= 15 is 0 Å². The molecule has 0 aliphatic carbocycles. The lowest BCUT2D eigenvalue weighted by Crippen LogP contribution is -2.04. The highest BCUT2D eigenvalue weighted by Crippen LogP contribution is 2.22. The average Bonchev–Trinajstić information content (AvgIpc) is 2.96. The van der Waals surface area contributed by atoms with Crippen molar-refractivity contribution in [2.24, 2.45) is 0 Å². The Hall–Kier alpha value is -2.34. The van der Waals surface area contributed by atoms with Gasteiger partial charge in [-0.3, -0.25) is 4.40 Å². The van der Waals surface area contributed by atoms with Crippen LogP contribution in [0, 0.1) is 6.92 Å². The van der Waals surface area contributed by atoms with E-state index in [1.807, 2.05) is 29.1 Å². The molecule has 0 aliphatic rings. The molecule has 2 heterocycles. The second-order valence-corrected chi connectivity index (χ2v) is 5.29. The molecular formula is C14H12N2O3S. The summed E-state index contributed by atoms with van der Waals surface area (Å²) in [5.74, 6) is -0.625. The third kappa shape index (κ3) is 2.37. The van der Waals surface area contributed by atoms with Gasteiger partial charge in [0.2, 0.25) is 0 Å². The largest absolute Gasteiger partial charge is 0.486 e. The zero-order valence-electron chi connectivity index (χ0n) is 10.7. The van der Waals surface area contributed by atoms with Crippen LogP contribution < -0.4 is 4.74 Å². The molecule has 0 amide bonds. The molecule has 1 N–H and O–H groups in total. The predicted octanol–water partition coefficient (Wildman–Crippen LogP) is 2.98. The summed E-state index contributed by atoms with van der Waals surface area (Å²) in [6.07, 6.45) is 3.80. The number of aryl methyl sites for hydroxylation is 1. The molecule has 0 bridgehead atoms. The molecule has 0 fully saturated rings. The molecule has 0 aliphatic heterocycles. The lowest BCUT2D eigenvalue weighted by atomic mass is 10.1. The number of carbonyl (C=O) groups is 1. The Balaban J connectivity index is 1.82. The van der Waals surface area contributed by atoms with Gasteiger partial charge < -0.3 is 9.84 Å². The Morgan fingerprint density at radius 2 is 2.35 bits per heavy atom. The fourth-order valence-corrected chi connectivity index (χ4v) is 2.64. The van der Waals surface area contributed by atoms with E-state index in [1.165, 1.54) is 0 Å². The minimum absolute atomic E-state index is 0.164. The van der Waals surface area contributed by atoms with Gasteiger partial charge in [-0.05, 0) is 24.6 Å². The number of hydrogen-bond donors (Lipinski definition) is 1. The van der Waals surface area contributed by atoms with E-state index in [1.54, 1.807) is 29.5 Å². The van der Waals surface area contributed by atoms with Gasteiger partial charge in [-0.1, -0.05) is 6.07 Å². The number of carboxylic acids is 1. The van der Waals surface area contributed by atoms with Crippen LogP contribution in [0.5, 0.6) is 5.75 Å². The second kappa shape index (κ2) is 4.97. The first-order valence-electron chi connectivity index (χ1n) is 6.01. The van der Waals surface area contributed by atoms with Crippen molar-refractivity contribution >= 4 is 22.3 Å². The lowest BCUT2D eigenvalue weighted by molar-refractivity contribution is 0.0691. The maximum absolute atomic E-state index is 11.1. The summed E-state index contributed by atoms with van der Waals surface area (Å²) in [6, 6.07) is 5.03. The van der Waals surface area contributed by atoms with Crippen LogP contribution in [0.3, 0.4) is 0 Å². The minimum Gasteiger partial charge on any atom is -0.486 e. The van der Waals surface area contributed by atoms with Crippen molar-refractivity contribution in [3.05, 3.63) is 52.8 Å². The Bertz CT molecular complexity index is 747. The first-order chi connectivity index (χ1) is 9.63. The molecule has 0 unspecified atom stereocenters. The van der Waals surface area contributed by atoms with E-state index in [0.717, 1.165) is 16.2 Å². The zero-order valence-corrected chi connectivity index (χ0v) is 11.6. The van der Waals surface area contributed by atoms with Gasteiger partial charge in [0.1, 0.15) is 17.9 Å². The monoisotopic (exact) mass is 288 g/mol. The van der Waals surface area contributed by atoms with Crippen LogP contribution in [0.15, 0.2) is 36.0 Å². The number of ether oxygens (including phenoxy) is 1. The molecule has 102 valence electrons. The number of hydrogen-bond acceptors (Lipinski definition) is 4. The third-order valence-electron chi connectivity index (χ3n) is 2.89. The summed E-state index contributed by atoms with van der Waals surface area (Å²) in [5.41, 5.74) is 1.89. The molecule has 0 atom stereocenters. The number of fused-ring (bicyclic) bond motifs is 1. The highest BCUT2D eigenvalue weighted by atomic mass is 32.1. The Morgan fingerprint density at radius 3 is 3.10 bits per heavy atom. The van der Waals surface area contributed by atoms with Crippen molar-refractivity contribution in [3.8, 4) is 5.75 Å². The fraction of sp³-hybridized carbons (Fsp3) is 0.143. The average molecular weight is 288 g/mol. The van der Waals surface area contributed by atoms with Crippen LogP contribution in [0.25, 0.3) is 4.96 Å². The first-order valence-corrected chi connectivity index (χ1v) is 6.89. The highest BCUT2D eigenvalue weighted by Gasteiger charge is 2.12. The summed E-state index contributed by atoms with van der Waals surface area (Å²) in [4.78, 5) is 16.4. The van der Waals surface area contributed by atoms with Gasteiger partial charge in [-0.15, -0.1) is 11.3 Å². The maximum Gasteiger partial charge on any atom is 0.339 e. The SMILES string of the molecule is Cc1ccc(C(=O)O)c(OCc2cn3ccsc3n2)c1. The third-order valence-corrected chi connectivity index (χ3v) is 3.66. The quantitative estimate of drug-likeness (QED) is 0.801. The van der Waals surface area contributed by atoms with Gasteiger partial charge in [0.25, 0.3) is 0 Å². The Morgan fingerprint density at radius 1 is 1.50 bits per heavy atom. The molecule has 6 heteroatoms. The van der Waals surface area contributed by atoms with E-state index in [9.17, 15) is 4.79 Å². The summed E-state index contributed by atoms with van der Waals surface area (Å²) in [7, 11) is 0. The molecule has 0 saturated carbocycles. The molecule has 3 aromatic rings. The van der Waals surface area contributed by atoms with Crippen LogP contribution in [0.4, 0.5) is 0 Å². The van der Waals surface area contributed by atoms with Gasteiger partial charge in [0.15, 0.2) is 4.96 Å². The number of nitrogens with zero attached hydrogens (tertiary/aromatic N) is 2. The minimum atomic E-state index is -0.995. The Kier molecular flexibility index (Phi) is 3.15. The summed E-state index contributed by atoms with van der Waals surface area (Å²) in [5, 5.41) is 11.1. The molecule has 0 saturated heterocycles. The van der Waals surface area contributed by atoms with Crippen LogP contribution in [0.2, 0.25) is 0 Å². The van der Waals surface area contributed by atoms with Gasteiger partial charge >= 0.3 is 5.97 Å². The number of aromatic nitrogens is 2. The van der Waals surface area contributed by atoms with Gasteiger partial charge in [0.05, 0.1) is 5.69 Å². The van der Waals surface area contributed by atoms with Crippen LogP contribution in [-0.4, -0.2) is 20.5 Å². The summed E-state index contributed by atoms with van der Waals surface area (Å²) in [6.45, 7) is 2.14. The van der Waals surface area contributed by atoms with Gasteiger partial charge in [-0.25, -0.2) is 9.78 Å². The molecule has 1 aromatic carbocycles. The molecule has 5 nitrogen and oxygen atoms in total. The summed E-state index contributed by atoms with van der Waals surface area (Å²) >= 11 is 1.54. The number of imidazole rings is 1. The normalized spacial score (nSPS) is 10.8. The standard InChI is InChI=1S/C14H12N2O3S/c1-9-2-3-11(13(17)18)12(6-9)19-8-10-7-16-4-5-20-14(16)15-10/h2-7H,8H2,1H3,(H,17,18). The predicted molar refractivity (Wildman–Crippen MR) is 75.5 cm³/mol. The molecule has 0 spiro atoms. The summed E-state index contributed by atoms with van der Waals surface area (Å²) < 4.78 is 7.53. The van der Waals surface area contributed by atoms with E-state index in [0.29, 0.717) is 5.75 Å². The smallest absolute Gasteiger partial charge is 0.339 e. The van der Waals surface area contributed by atoms with Crippen molar-refractivity contribution in [1.82, 2.24) is 9.38 Å². The topological polar surface area (TPSA) is 63.8 Å². The van der Waals surface area contributed by atoms with Crippen molar-refractivity contribution in [3.63, 3.8) is 0 Å². The molecule has 3 rings (SSSR count). The molecule has 20 heavy (non-hydrogen) atoms. The van der Waals surface area contributed by atoms with E-state index in [-0.39, 0.29) is 12.2 Å². The fourth-order valence-electron chi connectivity index (χ4n) is 1.92. The van der Waals surface area contributed by atoms with Crippen molar-refractivity contribution < 1.29 is 14.6 Å². The maximum atomic E-state index is 11.1. The Labute approximate surface area is 119 Å². The zero-order chi connectivity index (χ0) is 14.1. The lowest BCUT2D eigenvalue weighted by Gasteiger charge is -2.08. The van der Waals surface area contributed by atoms with Crippen molar-refractivity contribution in [2.75, 3.05) is 0 Å². The van der Waals surface area contributed by atoms with E-state index in [4.69, 9.17) is 9.84 Å².